The Hall–Kier alpha value is -3.19. The molecule has 1 fully saturated rings. The summed E-state index contributed by atoms with van der Waals surface area (Å²) >= 11 is 2.42. The largest absolute Gasteiger partial charge is 0.477 e. The Morgan fingerprint density at radius 3 is 2.61 bits per heavy atom. The maximum atomic E-state index is 12.7. The minimum atomic E-state index is -1.33. The lowest BCUT2D eigenvalue weighted by Crippen LogP contribution is -2.71. The molecule has 2 N–H and O–H groups in total. The molecular weight excluding hydrogens is 450 g/mol. The molecule has 11 nitrogen and oxygen atoms in total. The van der Waals surface area contributed by atoms with Crippen LogP contribution in [0.2, 0.25) is 0 Å². The third-order valence-electron chi connectivity index (χ3n) is 4.22. The minimum absolute atomic E-state index is 0.179. The molecule has 0 spiro atoms. The highest BCUT2D eigenvalue weighted by molar-refractivity contribution is 8.00. The number of carbonyl (C=O) groups excluding carboxylic acids is 4. The van der Waals surface area contributed by atoms with Crippen molar-refractivity contribution in [2.24, 2.45) is 5.16 Å². The lowest BCUT2D eigenvalue weighted by Gasteiger charge is -2.49. The summed E-state index contributed by atoms with van der Waals surface area (Å²) in [6.45, 7) is 2.09. The first-order chi connectivity index (χ1) is 14.7. The molecule has 2 amide bonds. The molecule has 2 atom stereocenters. The van der Waals surface area contributed by atoms with E-state index in [9.17, 15) is 29.1 Å². The number of amides is 2. The molecule has 0 aliphatic carbocycles. The Labute approximate surface area is 184 Å². The van der Waals surface area contributed by atoms with E-state index in [-0.39, 0.29) is 29.3 Å². The van der Waals surface area contributed by atoms with Gasteiger partial charge < -0.3 is 20.0 Å². The molecule has 2 aliphatic heterocycles. The zero-order valence-corrected chi connectivity index (χ0v) is 17.9. The Morgan fingerprint density at radius 2 is 2.03 bits per heavy atom. The van der Waals surface area contributed by atoms with Crippen molar-refractivity contribution in [1.82, 2.24) is 10.2 Å². The van der Waals surface area contributed by atoms with Crippen LogP contribution < -0.4 is 5.32 Å². The maximum absolute atomic E-state index is 12.7. The number of thioether (sulfide) groups is 1. The van der Waals surface area contributed by atoms with E-state index in [1.165, 1.54) is 30.0 Å². The summed E-state index contributed by atoms with van der Waals surface area (Å²) in [5.41, 5.74) is -0.146. The van der Waals surface area contributed by atoms with Gasteiger partial charge >= 0.3 is 17.9 Å². The molecule has 31 heavy (non-hydrogen) atoms. The maximum Gasteiger partial charge on any atom is 0.352 e. The fourth-order valence-electron chi connectivity index (χ4n) is 2.91. The highest BCUT2D eigenvalue weighted by atomic mass is 32.2. The van der Waals surface area contributed by atoms with Gasteiger partial charge in [-0.25, -0.2) is 9.59 Å². The van der Waals surface area contributed by atoms with Gasteiger partial charge in [-0.1, -0.05) is 11.2 Å². The predicted molar refractivity (Wildman–Crippen MR) is 109 cm³/mol. The molecule has 0 unspecified atom stereocenters. The summed E-state index contributed by atoms with van der Waals surface area (Å²) < 4.78 is 4.88. The zero-order valence-electron chi connectivity index (χ0n) is 16.3. The van der Waals surface area contributed by atoms with Crippen LogP contribution in [-0.4, -0.2) is 69.2 Å². The standard InChI is InChI=1S/C18H17N3O8S2/c1-8(22)28-6-10-7-31-17-13(16(25)21(17)14(10)18(26)27)19-15(24)12(20-29-9(2)23)11-4-3-5-30-11/h3-5,13,17H,6-7H2,1-2H3,(H,19,24)(H,26,27)/t13-,17+/m1/s1. The number of esters is 1. The van der Waals surface area contributed by atoms with Crippen LogP contribution >= 0.6 is 23.1 Å². The number of carboxylic acids is 1. The molecule has 13 heteroatoms. The van der Waals surface area contributed by atoms with Gasteiger partial charge in [0.05, 0.1) is 4.88 Å². The number of carboxylic acid groups (broad SMARTS) is 1. The fraction of sp³-hybridized carbons (Fsp3) is 0.333. The fourth-order valence-corrected chi connectivity index (χ4v) is 4.94. The number of aliphatic carboxylic acids is 1. The molecule has 0 saturated carbocycles. The lowest BCUT2D eigenvalue weighted by atomic mass is 10.0. The van der Waals surface area contributed by atoms with Gasteiger partial charge in [-0.2, -0.15) is 0 Å². The first kappa shape index (κ1) is 22.5. The zero-order chi connectivity index (χ0) is 22.7. The Morgan fingerprint density at radius 1 is 1.29 bits per heavy atom. The summed E-state index contributed by atoms with van der Waals surface area (Å²) in [7, 11) is 0. The van der Waals surface area contributed by atoms with Crippen molar-refractivity contribution in [2.75, 3.05) is 12.4 Å². The van der Waals surface area contributed by atoms with Gasteiger partial charge in [-0.05, 0) is 11.4 Å². The molecular formula is C18H17N3O8S2. The van der Waals surface area contributed by atoms with Crippen molar-refractivity contribution in [2.45, 2.75) is 25.3 Å². The number of fused-ring (bicyclic) bond motifs is 1. The van der Waals surface area contributed by atoms with E-state index in [0.717, 1.165) is 11.8 Å². The number of rotatable bonds is 7. The second-order valence-corrected chi connectivity index (χ2v) is 8.45. The quantitative estimate of drug-likeness (QED) is 0.190. The lowest BCUT2D eigenvalue weighted by molar-refractivity contribution is -0.150. The molecule has 3 rings (SSSR count). The molecule has 2 aliphatic rings. The van der Waals surface area contributed by atoms with E-state index in [1.54, 1.807) is 17.5 Å². The average molecular weight is 467 g/mol. The van der Waals surface area contributed by atoms with Crippen LogP contribution in [-0.2, 0) is 33.5 Å². The van der Waals surface area contributed by atoms with E-state index in [1.807, 2.05) is 0 Å². The molecule has 0 radical (unpaired) electrons. The second kappa shape index (κ2) is 9.31. The minimum Gasteiger partial charge on any atom is -0.477 e. The number of carbonyl (C=O) groups is 5. The SMILES string of the molecule is CC(=O)OCC1=C(C(=O)O)N2C(=O)[C@@H](NC(=O)C(=NOC(C)=O)c3cccs3)[C@@H]2SC1. The van der Waals surface area contributed by atoms with E-state index in [4.69, 9.17) is 4.74 Å². The number of hydrogen-bond donors (Lipinski definition) is 2. The second-order valence-electron chi connectivity index (χ2n) is 6.40. The summed E-state index contributed by atoms with van der Waals surface area (Å²) in [6, 6.07) is 2.28. The first-order valence-electron chi connectivity index (χ1n) is 8.84. The molecule has 1 aromatic rings. The van der Waals surface area contributed by atoms with Crippen LogP contribution in [0, 0.1) is 0 Å². The van der Waals surface area contributed by atoms with Crippen molar-refractivity contribution in [1.29, 1.82) is 0 Å². The van der Waals surface area contributed by atoms with Gasteiger partial charge in [-0.15, -0.1) is 23.1 Å². The van der Waals surface area contributed by atoms with E-state index in [2.05, 4.69) is 15.3 Å². The highest BCUT2D eigenvalue weighted by Gasteiger charge is 2.54. The van der Waals surface area contributed by atoms with E-state index >= 15 is 0 Å². The van der Waals surface area contributed by atoms with Crippen molar-refractivity contribution >= 4 is 58.5 Å². The Bertz CT molecular complexity index is 1000. The third-order valence-corrected chi connectivity index (χ3v) is 6.44. The van der Waals surface area contributed by atoms with Crippen molar-refractivity contribution < 1.29 is 38.7 Å². The van der Waals surface area contributed by atoms with Gasteiger partial charge in [0.25, 0.3) is 11.8 Å². The molecule has 1 aromatic heterocycles. The Balaban J connectivity index is 1.78. The Kier molecular flexibility index (Phi) is 6.75. The molecule has 0 aromatic carbocycles. The van der Waals surface area contributed by atoms with Gasteiger partial charge in [0, 0.05) is 25.2 Å². The van der Waals surface area contributed by atoms with Gasteiger partial charge in [-0.3, -0.25) is 19.3 Å². The van der Waals surface area contributed by atoms with Gasteiger partial charge in [0.2, 0.25) is 0 Å². The van der Waals surface area contributed by atoms with Crippen LogP contribution in [0.25, 0.3) is 0 Å². The van der Waals surface area contributed by atoms with E-state index < -0.39 is 41.1 Å². The van der Waals surface area contributed by atoms with Crippen LogP contribution in [0.4, 0.5) is 0 Å². The number of oxime groups is 1. The average Bonchev–Trinajstić information content (AvgIpc) is 3.23. The van der Waals surface area contributed by atoms with Crippen LogP contribution in [0.15, 0.2) is 33.9 Å². The number of nitrogens with zero attached hydrogens (tertiary/aromatic N) is 2. The van der Waals surface area contributed by atoms with Crippen LogP contribution in [0.5, 0.6) is 0 Å². The van der Waals surface area contributed by atoms with Crippen molar-refractivity contribution in [3.63, 3.8) is 0 Å². The number of ether oxygens (including phenoxy) is 1. The molecule has 164 valence electrons. The number of hydrogen-bond acceptors (Lipinski definition) is 10. The van der Waals surface area contributed by atoms with Crippen LogP contribution in [0.3, 0.4) is 0 Å². The predicted octanol–water partition coefficient (Wildman–Crippen LogP) is 0.317. The summed E-state index contributed by atoms with van der Waals surface area (Å²) in [5.74, 6) is -3.78. The monoisotopic (exact) mass is 467 g/mol. The molecule has 0 bridgehead atoms. The van der Waals surface area contributed by atoms with Gasteiger partial charge in [0.15, 0.2) is 5.71 Å². The molecule has 3 heterocycles. The number of β-lactam (4-membered cyclic amide) rings is 1. The normalized spacial score (nSPS) is 20.5. The summed E-state index contributed by atoms with van der Waals surface area (Å²) in [4.78, 5) is 65.4. The topological polar surface area (TPSA) is 152 Å². The van der Waals surface area contributed by atoms with E-state index in [0.29, 0.717) is 4.88 Å². The first-order valence-corrected chi connectivity index (χ1v) is 10.8. The van der Waals surface area contributed by atoms with Crippen molar-refractivity contribution in [3.8, 4) is 0 Å². The summed E-state index contributed by atoms with van der Waals surface area (Å²) in [5, 5.41) is 16.7. The smallest absolute Gasteiger partial charge is 0.352 e. The number of nitrogens with one attached hydrogen (secondary N) is 1. The van der Waals surface area contributed by atoms with Crippen molar-refractivity contribution in [3.05, 3.63) is 33.7 Å². The summed E-state index contributed by atoms with van der Waals surface area (Å²) in [6.07, 6.45) is 0. The van der Waals surface area contributed by atoms with Gasteiger partial charge in [0.1, 0.15) is 23.7 Å². The highest BCUT2D eigenvalue weighted by Crippen LogP contribution is 2.40. The van der Waals surface area contributed by atoms with Crippen LogP contribution in [0.1, 0.15) is 18.7 Å². The molecule has 1 saturated heterocycles. The number of thiophene rings is 1. The third kappa shape index (κ3) is 4.77.